The first kappa shape index (κ1) is 13.5. The van der Waals surface area contributed by atoms with Crippen LogP contribution < -0.4 is 0 Å². The molecule has 1 aromatic heterocycles. The van der Waals surface area contributed by atoms with Crippen LogP contribution in [-0.2, 0) is 0 Å². The summed E-state index contributed by atoms with van der Waals surface area (Å²) in [4.78, 5) is 11.9. The van der Waals surface area contributed by atoms with Crippen molar-refractivity contribution in [3.8, 4) is 22.4 Å². The van der Waals surface area contributed by atoms with E-state index in [4.69, 9.17) is 11.6 Å². The molecule has 4 heteroatoms. The summed E-state index contributed by atoms with van der Waals surface area (Å²) in [6.45, 7) is 0. The quantitative estimate of drug-likeness (QED) is 0.680. The number of hydrogen-bond donors (Lipinski definition) is 0. The monoisotopic (exact) mass is 294 g/mol. The first-order chi connectivity index (χ1) is 10.3. The predicted octanol–water partition coefficient (Wildman–Crippen LogP) is 4.19. The van der Waals surface area contributed by atoms with E-state index in [0.29, 0.717) is 16.8 Å². The minimum Gasteiger partial charge on any atom is -0.275 e. The molecule has 102 valence electrons. The van der Waals surface area contributed by atoms with E-state index in [2.05, 4.69) is 10.2 Å². The Morgan fingerprint density at radius 3 is 2.00 bits per heavy atom. The molecule has 0 atom stereocenters. The number of nitrogens with zero attached hydrogens (tertiary/aromatic N) is 2. The lowest BCUT2D eigenvalue weighted by Crippen LogP contribution is -2.02. The SMILES string of the molecule is O=C(Cl)c1c(-c2ccccc2)cnnc1-c1ccccc1. The molecule has 0 N–H and O–H groups in total. The zero-order chi connectivity index (χ0) is 14.7. The zero-order valence-electron chi connectivity index (χ0n) is 11.0. The lowest BCUT2D eigenvalue weighted by atomic mass is 9.98. The summed E-state index contributed by atoms with van der Waals surface area (Å²) >= 11 is 5.81. The fraction of sp³-hybridized carbons (Fsp3) is 0. The van der Waals surface area contributed by atoms with Crippen LogP contribution in [-0.4, -0.2) is 15.4 Å². The van der Waals surface area contributed by atoms with Crippen LogP contribution in [0.25, 0.3) is 22.4 Å². The number of carbonyl (C=O) groups excluding carboxylic acids is 1. The van der Waals surface area contributed by atoms with Crippen LogP contribution in [0.4, 0.5) is 0 Å². The molecule has 0 saturated heterocycles. The molecule has 0 unspecified atom stereocenters. The van der Waals surface area contributed by atoms with Crippen LogP contribution in [0.2, 0.25) is 0 Å². The molecule has 3 aromatic rings. The van der Waals surface area contributed by atoms with Gasteiger partial charge in [0.25, 0.3) is 5.24 Å². The van der Waals surface area contributed by atoms with E-state index in [1.165, 1.54) is 0 Å². The van der Waals surface area contributed by atoms with Gasteiger partial charge in [-0.2, -0.15) is 5.10 Å². The Hall–Kier alpha value is -2.52. The highest BCUT2D eigenvalue weighted by Gasteiger charge is 2.18. The summed E-state index contributed by atoms with van der Waals surface area (Å²) in [5.41, 5.74) is 3.26. The fourth-order valence-corrected chi connectivity index (χ4v) is 2.41. The van der Waals surface area contributed by atoms with E-state index in [1.54, 1.807) is 6.20 Å². The molecule has 3 nitrogen and oxygen atoms in total. The predicted molar refractivity (Wildman–Crippen MR) is 83.1 cm³/mol. The summed E-state index contributed by atoms with van der Waals surface area (Å²) < 4.78 is 0. The summed E-state index contributed by atoms with van der Waals surface area (Å²) in [6.07, 6.45) is 1.57. The molecular weight excluding hydrogens is 284 g/mol. The second kappa shape index (κ2) is 5.85. The maximum Gasteiger partial charge on any atom is 0.255 e. The second-order valence-corrected chi connectivity index (χ2v) is 4.83. The molecular formula is C17H11ClN2O. The van der Waals surface area contributed by atoms with E-state index in [1.807, 2.05) is 60.7 Å². The van der Waals surface area contributed by atoms with Gasteiger partial charge in [0.15, 0.2) is 0 Å². The fourth-order valence-electron chi connectivity index (χ4n) is 2.22. The van der Waals surface area contributed by atoms with Crippen LogP contribution in [0.15, 0.2) is 66.9 Å². The van der Waals surface area contributed by atoms with Crippen LogP contribution >= 0.6 is 11.6 Å². The van der Waals surface area contributed by atoms with Gasteiger partial charge >= 0.3 is 0 Å². The number of halogens is 1. The van der Waals surface area contributed by atoms with Crippen molar-refractivity contribution in [3.05, 3.63) is 72.4 Å². The van der Waals surface area contributed by atoms with Crippen molar-refractivity contribution in [1.82, 2.24) is 10.2 Å². The minimum atomic E-state index is -0.539. The first-order valence-electron chi connectivity index (χ1n) is 6.43. The van der Waals surface area contributed by atoms with Gasteiger partial charge in [0.05, 0.1) is 11.8 Å². The first-order valence-corrected chi connectivity index (χ1v) is 6.81. The van der Waals surface area contributed by atoms with E-state index >= 15 is 0 Å². The van der Waals surface area contributed by atoms with Gasteiger partial charge in [-0.05, 0) is 17.2 Å². The molecule has 0 aliphatic rings. The number of aromatic nitrogens is 2. The molecule has 0 aliphatic heterocycles. The Bertz CT molecular complexity index is 716. The maximum atomic E-state index is 11.9. The van der Waals surface area contributed by atoms with Crippen molar-refractivity contribution in [1.29, 1.82) is 0 Å². The summed E-state index contributed by atoms with van der Waals surface area (Å²) in [5, 5.41) is 7.58. The van der Waals surface area contributed by atoms with Crippen LogP contribution in [0, 0.1) is 0 Å². The van der Waals surface area contributed by atoms with Gasteiger partial charge in [0.1, 0.15) is 5.69 Å². The van der Waals surface area contributed by atoms with Crippen molar-refractivity contribution in [2.24, 2.45) is 0 Å². The standard InChI is InChI=1S/C17H11ClN2O/c18-17(21)15-14(12-7-3-1-4-8-12)11-19-20-16(15)13-9-5-2-6-10-13/h1-11H. The number of rotatable bonds is 3. The molecule has 1 heterocycles. The van der Waals surface area contributed by atoms with Crippen LogP contribution in [0.3, 0.4) is 0 Å². The molecule has 0 fully saturated rings. The van der Waals surface area contributed by atoms with Crippen LogP contribution in [0.5, 0.6) is 0 Å². The Morgan fingerprint density at radius 1 is 0.857 bits per heavy atom. The van der Waals surface area contributed by atoms with Crippen molar-refractivity contribution >= 4 is 16.8 Å². The molecule has 3 rings (SSSR count). The molecule has 0 aliphatic carbocycles. The van der Waals surface area contributed by atoms with Gasteiger partial charge in [-0.25, -0.2) is 0 Å². The smallest absolute Gasteiger partial charge is 0.255 e. The van der Waals surface area contributed by atoms with Crippen molar-refractivity contribution in [2.75, 3.05) is 0 Å². The lowest BCUT2D eigenvalue weighted by Gasteiger charge is -2.10. The Kier molecular flexibility index (Phi) is 3.75. The molecule has 0 bridgehead atoms. The number of carbonyl (C=O) groups is 1. The average molecular weight is 295 g/mol. The topological polar surface area (TPSA) is 42.9 Å². The minimum absolute atomic E-state index is 0.379. The molecule has 2 aromatic carbocycles. The van der Waals surface area contributed by atoms with Crippen molar-refractivity contribution in [3.63, 3.8) is 0 Å². The number of hydrogen-bond acceptors (Lipinski definition) is 3. The lowest BCUT2D eigenvalue weighted by molar-refractivity contribution is 0.108. The Balaban J connectivity index is 2.26. The summed E-state index contributed by atoms with van der Waals surface area (Å²) in [7, 11) is 0. The van der Waals surface area contributed by atoms with E-state index in [-0.39, 0.29) is 0 Å². The second-order valence-electron chi connectivity index (χ2n) is 4.49. The highest BCUT2D eigenvalue weighted by molar-refractivity contribution is 6.68. The normalized spacial score (nSPS) is 10.3. The average Bonchev–Trinajstić information content (AvgIpc) is 2.55. The third kappa shape index (κ3) is 2.69. The zero-order valence-corrected chi connectivity index (χ0v) is 11.8. The number of benzene rings is 2. The van der Waals surface area contributed by atoms with Gasteiger partial charge in [0, 0.05) is 11.1 Å². The Morgan fingerprint density at radius 2 is 1.43 bits per heavy atom. The maximum absolute atomic E-state index is 11.9. The molecule has 0 radical (unpaired) electrons. The summed E-state index contributed by atoms with van der Waals surface area (Å²) in [6, 6.07) is 19.0. The van der Waals surface area contributed by atoms with Gasteiger partial charge in [0.2, 0.25) is 0 Å². The highest BCUT2D eigenvalue weighted by atomic mass is 35.5. The van der Waals surface area contributed by atoms with Crippen LogP contribution in [0.1, 0.15) is 10.4 Å². The van der Waals surface area contributed by atoms with Gasteiger partial charge in [-0.15, -0.1) is 5.10 Å². The van der Waals surface area contributed by atoms with E-state index in [9.17, 15) is 4.79 Å². The molecule has 0 saturated carbocycles. The van der Waals surface area contributed by atoms with Gasteiger partial charge < -0.3 is 0 Å². The third-order valence-electron chi connectivity index (χ3n) is 3.18. The van der Waals surface area contributed by atoms with E-state index in [0.717, 1.165) is 11.1 Å². The third-order valence-corrected chi connectivity index (χ3v) is 3.37. The Labute approximate surface area is 127 Å². The van der Waals surface area contributed by atoms with Gasteiger partial charge in [-0.3, -0.25) is 4.79 Å². The largest absolute Gasteiger partial charge is 0.275 e. The highest BCUT2D eigenvalue weighted by Crippen LogP contribution is 2.30. The van der Waals surface area contributed by atoms with E-state index < -0.39 is 5.24 Å². The molecule has 0 spiro atoms. The molecule has 21 heavy (non-hydrogen) atoms. The van der Waals surface area contributed by atoms with Crippen molar-refractivity contribution < 1.29 is 4.79 Å². The van der Waals surface area contributed by atoms with Gasteiger partial charge in [-0.1, -0.05) is 60.7 Å². The van der Waals surface area contributed by atoms with Crippen molar-refractivity contribution in [2.45, 2.75) is 0 Å². The molecule has 0 amide bonds. The summed E-state index contributed by atoms with van der Waals surface area (Å²) in [5.74, 6) is 0.